The number of rotatable bonds is 7. The van der Waals surface area contributed by atoms with Gasteiger partial charge in [-0.2, -0.15) is 0 Å². The van der Waals surface area contributed by atoms with E-state index in [1.54, 1.807) is 19.1 Å². The van der Waals surface area contributed by atoms with Crippen LogP contribution in [0.15, 0.2) is 28.7 Å². The Labute approximate surface area is 141 Å². The average Bonchev–Trinajstić information content (AvgIpc) is 2.95. The van der Waals surface area contributed by atoms with Crippen LogP contribution in [-0.2, 0) is 11.2 Å². The number of halogens is 1. The summed E-state index contributed by atoms with van der Waals surface area (Å²) >= 11 is 0. The molecule has 1 aromatic carbocycles. The lowest BCUT2D eigenvalue weighted by molar-refractivity contribution is -0.125. The van der Waals surface area contributed by atoms with Crippen LogP contribution in [0.4, 0.5) is 4.39 Å². The Kier molecular flexibility index (Phi) is 6.06. The Bertz CT molecular complexity index is 667. The van der Waals surface area contributed by atoms with E-state index in [-0.39, 0.29) is 23.7 Å². The van der Waals surface area contributed by atoms with Crippen LogP contribution < -0.4 is 5.32 Å². The molecular formula is C18H24FN3O2. The molecule has 0 saturated heterocycles. The summed E-state index contributed by atoms with van der Waals surface area (Å²) in [6.07, 6.45) is 1.26. The maximum absolute atomic E-state index is 13.0. The number of nitrogens with zero attached hydrogens (tertiary/aromatic N) is 2. The summed E-state index contributed by atoms with van der Waals surface area (Å²) in [5.74, 6) is 0.681. The van der Waals surface area contributed by atoms with E-state index in [2.05, 4.69) is 29.4 Å². The fourth-order valence-corrected chi connectivity index (χ4v) is 2.53. The minimum atomic E-state index is -0.297. The number of hydrogen-bond donors (Lipinski definition) is 1. The van der Waals surface area contributed by atoms with Gasteiger partial charge in [0.25, 0.3) is 0 Å². The predicted molar refractivity (Wildman–Crippen MR) is 88.6 cm³/mol. The normalized spacial score (nSPS) is 13.8. The first-order valence-electron chi connectivity index (χ1n) is 8.20. The molecule has 0 radical (unpaired) electrons. The van der Waals surface area contributed by atoms with Crippen molar-refractivity contribution < 1.29 is 13.6 Å². The molecule has 1 aromatic heterocycles. The van der Waals surface area contributed by atoms with Crippen LogP contribution in [0.3, 0.4) is 0 Å². The second-order valence-corrected chi connectivity index (χ2v) is 6.58. The van der Waals surface area contributed by atoms with Gasteiger partial charge in [-0.3, -0.25) is 4.79 Å². The summed E-state index contributed by atoms with van der Waals surface area (Å²) in [4.78, 5) is 12.5. The minimum absolute atomic E-state index is 0.0826. The topological polar surface area (TPSA) is 68.0 Å². The first-order valence-corrected chi connectivity index (χ1v) is 8.20. The second kappa shape index (κ2) is 8.04. The van der Waals surface area contributed by atoms with E-state index in [0.29, 0.717) is 24.1 Å². The summed E-state index contributed by atoms with van der Waals surface area (Å²) < 4.78 is 18.4. The molecule has 1 N–H and O–H groups in total. The van der Waals surface area contributed by atoms with Crippen LogP contribution in [0.25, 0.3) is 0 Å². The molecule has 0 aliphatic heterocycles. The van der Waals surface area contributed by atoms with E-state index >= 15 is 0 Å². The average molecular weight is 333 g/mol. The van der Waals surface area contributed by atoms with Gasteiger partial charge in [0.1, 0.15) is 11.9 Å². The van der Waals surface area contributed by atoms with E-state index in [1.807, 2.05) is 6.92 Å². The standard InChI is InChI=1S/C18H24FN3O2/c1-11(2)9-16(18-22-21-13(4)24-18)20-17(23)12(3)10-14-5-7-15(19)8-6-14/h5-8,11-12,16H,9-10H2,1-4H3,(H,20,23). The highest BCUT2D eigenvalue weighted by atomic mass is 19.1. The highest BCUT2D eigenvalue weighted by molar-refractivity contribution is 5.78. The molecule has 0 fully saturated rings. The number of aromatic nitrogens is 2. The molecule has 0 spiro atoms. The molecule has 0 aliphatic rings. The molecule has 130 valence electrons. The summed E-state index contributed by atoms with van der Waals surface area (Å²) in [7, 11) is 0. The molecule has 2 aromatic rings. The van der Waals surface area contributed by atoms with Gasteiger partial charge in [0.15, 0.2) is 0 Å². The molecule has 0 aliphatic carbocycles. The molecule has 2 unspecified atom stereocenters. The lowest BCUT2D eigenvalue weighted by Crippen LogP contribution is -2.34. The van der Waals surface area contributed by atoms with Crippen molar-refractivity contribution >= 4 is 5.91 Å². The Balaban J connectivity index is 2.01. The lowest BCUT2D eigenvalue weighted by Gasteiger charge is -2.20. The van der Waals surface area contributed by atoms with Crippen LogP contribution >= 0.6 is 0 Å². The third-order valence-corrected chi connectivity index (χ3v) is 3.77. The number of benzene rings is 1. The van der Waals surface area contributed by atoms with Crippen LogP contribution in [-0.4, -0.2) is 16.1 Å². The Morgan fingerprint density at radius 2 is 1.88 bits per heavy atom. The van der Waals surface area contributed by atoms with Crippen LogP contribution in [0.5, 0.6) is 0 Å². The first kappa shape index (κ1) is 18.1. The van der Waals surface area contributed by atoms with Gasteiger partial charge in [0.05, 0.1) is 0 Å². The number of carbonyl (C=O) groups excluding carboxylic acids is 1. The summed E-state index contributed by atoms with van der Waals surface area (Å²) in [6.45, 7) is 7.72. The van der Waals surface area contributed by atoms with E-state index < -0.39 is 0 Å². The number of carbonyl (C=O) groups is 1. The smallest absolute Gasteiger partial charge is 0.238 e. The fraction of sp³-hybridized carbons (Fsp3) is 0.500. The Morgan fingerprint density at radius 3 is 2.42 bits per heavy atom. The third kappa shape index (κ3) is 5.15. The maximum atomic E-state index is 13.0. The molecule has 1 heterocycles. The molecule has 24 heavy (non-hydrogen) atoms. The quantitative estimate of drug-likeness (QED) is 0.840. The van der Waals surface area contributed by atoms with Gasteiger partial charge in [-0.05, 0) is 36.5 Å². The SMILES string of the molecule is Cc1nnc(C(CC(C)C)NC(=O)C(C)Cc2ccc(F)cc2)o1. The van der Waals surface area contributed by atoms with Crippen molar-refractivity contribution in [2.75, 3.05) is 0 Å². The predicted octanol–water partition coefficient (Wildman–Crippen LogP) is 3.60. The zero-order valence-corrected chi connectivity index (χ0v) is 14.5. The minimum Gasteiger partial charge on any atom is -0.423 e. The molecule has 1 amide bonds. The zero-order chi connectivity index (χ0) is 17.7. The summed E-state index contributed by atoms with van der Waals surface area (Å²) in [5, 5.41) is 10.9. The van der Waals surface area contributed by atoms with E-state index in [1.165, 1.54) is 12.1 Å². The molecule has 5 nitrogen and oxygen atoms in total. The molecule has 6 heteroatoms. The van der Waals surface area contributed by atoms with Crippen LogP contribution in [0, 0.1) is 24.6 Å². The molecule has 2 rings (SSSR count). The highest BCUT2D eigenvalue weighted by Gasteiger charge is 2.24. The summed E-state index contributed by atoms with van der Waals surface area (Å²) in [5.41, 5.74) is 0.924. The van der Waals surface area contributed by atoms with E-state index in [0.717, 1.165) is 12.0 Å². The van der Waals surface area contributed by atoms with Crippen LogP contribution in [0.1, 0.15) is 50.6 Å². The van der Waals surface area contributed by atoms with Gasteiger partial charge in [-0.25, -0.2) is 4.39 Å². The van der Waals surface area contributed by atoms with Gasteiger partial charge >= 0.3 is 0 Å². The largest absolute Gasteiger partial charge is 0.423 e. The van der Waals surface area contributed by atoms with E-state index in [4.69, 9.17) is 4.42 Å². The van der Waals surface area contributed by atoms with Crippen molar-refractivity contribution in [2.24, 2.45) is 11.8 Å². The van der Waals surface area contributed by atoms with E-state index in [9.17, 15) is 9.18 Å². The lowest BCUT2D eigenvalue weighted by atomic mass is 9.98. The molecule has 2 atom stereocenters. The fourth-order valence-electron chi connectivity index (χ4n) is 2.53. The summed E-state index contributed by atoms with van der Waals surface area (Å²) in [6, 6.07) is 5.92. The van der Waals surface area contributed by atoms with Crippen molar-refractivity contribution in [3.63, 3.8) is 0 Å². The Hall–Kier alpha value is -2.24. The van der Waals surface area contributed by atoms with Crippen molar-refractivity contribution in [1.82, 2.24) is 15.5 Å². The van der Waals surface area contributed by atoms with Crippen molar-refractivity contribution in [1.29, 1.82) is 0 Å². The molecule has 0 bridgehead atoms. The number of hydrogen-bond acceptors (Lipinski definition) is 4. The van der Waals surface area contributed by atoms with Crippen molar-refractivity contribution in [3.8, 4) is 0 Å². The number of nitrogens with one attached hydrogen (secondary N) is 1. The van der Waals surface area contributed by atoms with Crippen molar-refractivity contribution in [3.05, 3.63) is 47.4 Å². The monoisotopic (exact) mass is 333 g/mol. The van der Waals surface area contributed by atoms with Crippen LogP contribution in [0.2, 0.25) is 0 Å². The zero-order valence-electron chi connectivity index (χ0n) is 14.5. The number of aryl methyl sites for hydroxylation is 1. The highest BCUT2D eigenvalue weighted by Crippen LogP contribution is 2.21. The van der Waals surface area contributed by atoms with Gasteiger partial charge in [0, 0.05) is 12.8 Å². The van der Waals surface area contributed by atoms with Gasteiger partial charge in [-0.1, -0.05) is 32.9 Å². The van der Waals surface area contributed by atoms with Gasteiger partial charge in [-0.15, -0.1) is 10.2 Å². The Morgan fingerprint density at radius 1 is 1.21 bits per heavy atom. The van der Waals surface area contributed by atoms with Gasteiger partial charge in [0.2, 0.25) is 17.7 Å². The number of amides is 1. The maximum Gasteiger partial charge on any atom is 0.238 e. The van der Waals surface area contributed by atoms with Gasteiger partial charge < -0.3 is 9.73 Å². The first-order chi connectivity index (χ1) is 11.3. The second-order valence-electron chi connectivity index (χ2n) is 6.58. The third-order valence-electron chi connectivity index (χ3n) is 3.77. The molecule has 0 saturated carbocycles. The molecular weight excluding hydrogens is 309 g/mol. The van der Waals surface area contributed by atoms with Crippen molar-refractivity contribution in [2.45, 2.75) is 46.6 Å².